The SMILES string of the molecule is CCCCN(C(C)CC)S(=O)(=O)c1cccnc1NC. The summed E-state index contributed by atoms with van der Waals surface area (Å²) in [6.07, 6.45) is 4.20. The Morgan fingerprint density at radius 3 is 2.65 bits per heavy atom. The van der Waals surface area contributed by atoms with Crippen LogP contribution in [0.5, 0.6) is 0 Å². The molecule has 1 heterocycles. The molecule has 1 aromatic rings. The summed E-state index contributed by atoms with van der Waals surface area (Å²) >= 11 is 0. The first kappa shape index (κ1) is 16.9. The third kappa shape index (κ3) is 3.70. The third-order valence-corrected chi connectivity index (χ3v) is 5.45. The summed E-state index contributed by atoms with van der Waals surface area (Å²) in [6, 6.07) is 3.24. The fourth-order valence-corrected chi connectivity index (χ4v) is 3.90. The number of sulfonamides is 1. The molecule has 0 aromatic carbocycles. The van der Waals surface area contributed by atoms with E-state index in [-0.39, 0.29) is 10.9 Å². The molecule has 1 N–H and O–H groups in total. The molecule has 1 aromatic heterocycles. The number of hydrogen-bond acceptors (Lipinski definition) is 4. The van der Waals surface area contributed by atoms with E-state index >= 15 is 0 Å². The third-order valence-electron chi connectivity index (χ3n) is 3.41. The van der Waals surface area contributed by atoms with Crippen molar-refractivity contribution in [2.45, 2.75) is 51.0 Å². The van der Waals surface area contributed by atoms with Gasteiger partial charge in [0.15, 0.2) is 0 Å². The first-order chi connectivity index (χ1) is 9.48. The predicted octanol–water partition coefficient (Wildman–Crippen LogP) is 2.71. The van der Waals surface area contributed by atoms with E-state index in [1.807, 2.05) is 13.8 Å². The van der Waals surface area contributed by atoms with Gasteiger partial charge in [0.25, 0.3) is 0 Å². The molecule has 114 valence electrons. The van der Waals surface area contributed by atoms with Gasteiger partial charge in [-0.15, -0.1) is 0 Å². The molecular weight excluding hydrogens is 274 g/mol. The molecule has 0 spiro atoms. The molecule has 0 amide bonds. The van der Waals surface area contributed by atoms with Crippen LogP contribution in [0.1, 0.15) is 40.0 Å². The van der Waals surface area contributed by atoms with Crippen LogP contribution in [0.4, 0.5) is 5.82 Å². The van der Waals surface area contributed by atoms with Crippen LogP contribution in [0.25, 0.3) is 0 Å². The number of hydrogen-bond donors (Lipinski definition) is 1. The van der Waals surface area contributed by atoms with Crippen LogP contribution in [-0.4, -0.2) is 37.3 Å². The fraction of sp³-hybridized carbons (Fsp3) is 0.643. The second-order valence-electron chi connectivity index (χ2n) is 4.83. The van der Waals surface area contributed by atoms with Crippen LogP contribution in [-0.2, 0) is 10.0 Å². The van der Waals surface area contributed by atoms with Gasteiger partial charge in [0.1, 0.15) is 10.7 Å². The zero-order chi connectivity index (χ0) is 15.2. The molecular formula is C14H25N3O2S. The van der Waals surface area contributed by atoms with Crippen molar-refractivity contribution in [3.05, 3.63) is 18.3 Å². The van der Waals surface area contributed by atoms with E-state index < -0.39 is 10.0 Å². The van der Waals surface area contributed by atoms with Gasteiger partial charge in [0, 0.05) is 25.8 Å². The van der Waals surface area contributed by atoms with Gasteiger partial charge >= 0.3 is 0 Å². The Morgan fingerprint density at radius 1 is 1.40 bits per heavy atom. The van der Waals surface area contributed by atoms with Crippen LogP contribution < -0.4 is 5.32 Å². The van der Waals surface area contributed by atoms with E-state index in [9.17, 15) is 8.42 Å². The highest BCUT2D eigenvalue weighted by Gasteiger charge is 2.30. The number of anilines is 1. The van der Waals surface area contributed by atoms with Gasteiger partial charge in [-0.05, 0) is 31.9 Å². The number of aromatic nitrogens is 1. The number of nitrogens with one attached hydrogen (secondary N) is 1. The van der Waals surface area contributed by atoms with E-state index in [0.29, 0.717) is 12.4 Å². The van der Waals surface area contributed by atoms with E-state index in [1.165, 1.54) is 0 Å². The molecule has 0 aliphatic carbocycles. The van der Waals surface area contributed by atoms with Gasteiger partial charge in [0.2, 0.25) is 10.0 Å². The maximum Gasteiger partial charge on any atom is 0.246 e. The van der Waals surface area contributed by atoms with Crippen molar-refractivity contribution in [2.75, 3.05) is 18.9 Å². The number of rotatable bonds is 8. The van der Waals surface area contributed by atoms with Crippen LogP contribution in [0.2, 0.25) is 0 Å². The minimum absolute atomic E-state index is 0.0172. The highest BCUT2D eigenvalue weighted by atomic mass is 32.2. The molecule has 0 saturated carbocycles. The second-order valence-corrected chi connectivity index (χ2v) is 6.69. The average molecular weight is 299 g/mol. The summed E-state index contributed by atoms with van der Waals surface area (Å²) < 4.78 is 27.3. The summed E-state index contributed by atoms with van der Waals surface area (Å²) in [5, 5.41) is 2.85. The lowest BCUT2D eigenvalue weighted by atomic mass is 10.2. The molecule has 0 aliphatic rings. The smallest absolute Gasteiger partial charge is 0.246 e. The van der Waals surface area contributed by atoms with E-state index in [4.69, 9.17) is 0 Å². The molecule has 6 heteroatoms. The highest BCUT2D eigenvalue weighted by Crippen LogP contribution is 2.24. The van der Waals surface area contributed by atoms with Crippen LogP contribution >= 0.6 is 0 Å². The zero-order valence-electron chi connectivity index (χ0n) is 12.8. The first-order valence-corrected chi connectivity index (χ1v) is 8.57. The molecule has 0 fully saturated rings. The van der Waals surface area contributed by atoms with Crippen molar-refractivity contribution in [3.8, 4) is 0 Å². The molecule has 1 atom stereocenters. The molecule has 0 bridgehead atoms. The van der Waals surface area contributed by atoms with Crippen LogP contribution in [0.3, 0.4) is 0 Å². The Kier molecular flexibility index (Phi) is 6.42. The van der Waals surface area contributed by atoms with Crippen LogP contribution in [0.15, 0.2) is 23.2 Å². The molecule has 20 heavy (non-hydrogen) atoms. The lowest BCUT2D eigenvalue weighted by molar-refractivity contribution is 0.324. The van der Waals surface area contributed by atoms with E-state index in [1.54, 1.807) is 29.7 Å². The quantitative estimate of drug-likeness (QED) is 0.801. The summed E-state index contributed by atoms with van der Waals surface area (Å²) in [5.41, 5.74) is 0. The Morgan fingerprint density at radius 2 is 2.10 bits per heavy atom. The van der Waals surface area contributed by atoms with Crippen molar-refractivity contribution >= 4 is 15.8 Å². The predicted molar refractivity (Wildman–Crippen MR) is 82.3 cm³/mol. The molecule has 5 nitrogen and oxygen atoms in total. The second kappa shape index (κ2) is 7.59. The van der Waals surface area contributed by atoms with Gasteiger partial charge in [0.05, 0.1) is 0 Å². The van der Waals surface area contributed by atoms with Crippen molar-refractivity contribution in [1.29, 1.82) is 0 Å². The maximum absolute atomic E-state index is 12.9. The van der Waals surface area contributed by atoms with Gasteiger partial charge in [-0.25, -0.2) is 13.4 Å². The number of pyridine rings is 1. The van der Waals surface area contributed by atoms with E-state index in [0.717, 1.165) is 19.3 Å². The minimum atomic E-state index is -3.52. The largest absolute Gasteiger partial charge is 0.372 e. The summed E-state index contributed by atoms with van der Waals surface area (Å²) in [4.78, 5) is 4.34. The minimum Gasteiger partial charge on any atom is -0.372 e. The van der Waals surface area contributed by atoms with E-state index in [2.05, 4.69) is 17.2 Å². The average Bonchev–Trinajstić information content (AvgIpc) is 2.46. The monoisotopic (exact) mass is 299 g/mol. The number of nitrogens with zero attached hydrogens (tertiary/aromatic N) is 2. The highest BCUT2D eigenvalue weighted by molar-refractivity contribution is 7.89. The molecule has 0 saturated heterocycles. The first-order valence-electron chi connectivity index (χ1n) is 7.13. The van der Waals surface area contributed by atoms with Gasteiger partial charge in [-0.2, -0.15) is 4.31 Å². The lowest BCUT2D eigenvalue weighted by Gasteiger charge is -2.28. The fourth-order valence-electron chi connectivity index (χ4n) is 2.01. The van der Waals surface area contributed by atoms with Crippen molar-refractivity contribution < 1.29 is 8.42 Å². The topological polar surface area (TPSA) is 62.3 Å². The van der Waals surface area contributed by atoms with Gasteiger partial charge in [-0.3, -0.25) is 0 Å². The van der Waals surface area contributed by atoms with Crippen molar-refractivity contribution in [1.82, 2.24) is 9.29 Å². The van der Waals surface area contributed by atoms with Gasteiger partial charge < -0.3 is 5.32 Å². The maximum atomic E-state index is 12.9. The molecule has 0 aliphatic heterocycles. The lowest BCUT2D eigenvalue weighted by Crippen LogP contribution is -2.39. The number of unbranched alkanes of at least 4 members (excludes halogenated alkanes) is 1. The Hall–Kier alpha value is -1.14. The summed E-state index contributed by atoms with van der Waals surface area (Å²) in [5.74, 6) is 0.400. The summed E-state index contributed by atoms with van der Waals surface area (Å²) in [6.45, 7) is 6.56. The molecule has 0 radical (unpaired) electrons. The Balaban J connectivity index is 3.21. The molecule has 1 rings (SSSR count). The van der Waals surface area contributed by atoms with Crippen LogP contribution in [0, 0.1) is 0 Å². The normalized spacial score (nSPS) is 13.4. The Bertz CT molecular complexity index is 517. The zero-order valence-corrected chi connectivity index (χ0v) is 13.6. The van der Waals surface area contributed by atoms with Crippen molar-refractivity contribution in [2.24, 2.45) is 0 Å². The summed E-state index contributed by atoms with van der Waals surface area (Å²) in [7, 11) is -1.84. The standard InChI is InChI=1S/C14H25N3O2S/c1-5-7-11-17(12(3)6-2)20(18,19)13-9-8-10-16-14(13)15-4/h8-10,12H,5-7,11H2,1-4H3,(H,15,16). The molecule has 1 unspecified atom stereocenters. The van der Waals surface area contributed by atoms with Crippen molar-refractivity contribution in [3.63, 3.8) is 0 Å². The van der Waals surface area contributed by atoms with Gasteiger partial charge in [-0.1, -0.05) is 20.3 Å². The Labute approximate surface area is 122 Å².